The first-order valence-electron chi connectivity index (χ1n) is 10.3. The molecule has 1 saturated carbocycles. The Bertz CT molecular complexity index is 841. The Morgan fingerprint density at radius 2 is 2.07 bits per heavy atom. The molecule has 1 aliphatic heterocycles. The zero-order valence-electron chi connectivity index (χ0n) is 16.9. The van der Waals surface area contributed by atoms with E-state index in [4.69, 9.17) is 14.2 Å². The van der Waals surface area contributed by atoms with E-state index in [1.165, 1.54) is 6.08 Å². The van der Waals surface area contributed by atoms with Crippen LogP contribution in [-0.2, 0) is 23.8 Å². The molecule has 6 nitrogen and oxygen atoms in total. The molecule has 6 heteroatoms. The third kappa shape index (κ3) is 4.02. The molecular formula is C23H27NO5. The predicted octanol–water partition coefficient (Wildman–Crippen LogP) is 3.53. The molecule has 0 aromatic carbocycles. The minimum atomic E-state index is -0.329. The lowest BCUT2D eigenvalue weighted by molar-refractivity contribution is -0.144. The summed E-state index contributed by atoms with van der Waals surface area (Å²) in [7, 11) is 3.53. The number of nitrogens with zero attached hydrogens (tertiary/aromatic N) is 1. The van der Waals surface area contributed by atoms with Crippen LogP contribution in [0.25, 0.3) is 0 Å². The van der Waals surface area contributed by atoms with E-state index in [1.807, 2.05) is 42.3 Å². The van der Waals surface area contributed by atoms with Gasteiger partial charge < -0.3 is 19.1 Å². The fourth-order valence-corrected chi connectivity index (χ4v) is 4.38. The summed E-state index contributed by atoms with van der Waals surface area (Å²) < 4.78 is 16.7. The molecule has 154 valence electrons. The van der Waals surface area contributed by atoms with Gasteiger partial charge in [-0.2, -0.15) is 0 Å². The van der Waals surface area contributed by atoms with Gasteiger partial charge in [-0.05, 0) is 18.9 Å². The van der Waals surface area contributed by atoms with Gasteiger partial charge in [-0.15, -0.1) is 0 Å². The first-order valence-corrected chi connectivity index (χ1v) is 10.3. The minimum absolute atomic E-state index is 0.0153. The highest BCUT2D eigenvalue weighted by molar-refractivity contribution is 5.86. The van der Waals surface area contributed by atoms with Crippen molar-refractivity contribution in [3.8, 4) is 0 Å². The second kappa shape index (κ2) is 8.31. The van der Waals surface area contributed by atoms with E-state index in [2.05, 4.69) is 0 Å². The summed E-state index contributed by atoms with van der Waals surface area (Å²) in [6, 6.07) is -0.0649. The fraction of sp³-hybridized carbons (Fsp3) is 0.478. The van der Waals surface area contributed by atoms with E-state index < -0.39 is 0 Å². The Hall–Kier alpha value is -2.76. The molecule has 29 heavy (non-hydrogen) atoms. The van der Waals surface area contributed by atoms with Gasteiger partial charge in [-0.25, -0.2) is 4.79 Å². The van der Waals surface area contributed by atoms with Gasteiger partial charge in [0.1, 0.15) is 6.10 Å². The smallest absolute Gasteiger partial charge is 0.333 e. The zero-order valence-corrected chi connectivity index (χ0v) is 16.9. The third-order valence-corrected chi connectivity index (χ3v) is 6.07. The van der Waals surface area contributed by atoms with E-state index in [-0.39, 0.29) is 30.0 Å². The van der Waals surface area contributed by atoms with Crippen LogP contribution in [0, 0.1) is 5.92 Å². The summed E-state index contributed by atoms with van der Waals surface area (Å²) >= 11 is 0. The highest BCUT2D eigenvalue weighted by Crippen LogP contribution is 2.34. The molecular weight excluding hydrogens is 370 g/mol. The molecule has 2 atom stereocenters. The van der Waals surface area contributed by atoms with Crippen molar-refractivity contribution < 1.29 is 23.8 Å². The molecule has 0 aromatic rings. The topological polar surface area (TPSA) is 65.1 Å². The lowest BCUT2D eigenvalue weighted by Crippen LogP contribution is -2.38. The van der Waals surface area contributed by atoms with E-state index in [9.17, 15) is 9.59 Å². The van der Waals surface area contributed by atoms with Crippen molar-refractivity contribution in [1.82, 2.24) is 4.90 Å². The van der Waals surface area contributed by atoms with Gasteiger partial charge in [-0.3, -0.25) is 4.79 Å². The van der Waals surface area contributed by atoms with Crippen LogP contribution in [0.15, 0.2) is 59.2 Å². The van der Waals surface area contributed by atoms with Crippen LogP contribution in [0.4, 0.5) is 0 Å². The number of fused-ring (bicyclic) bond motifs is 1. The quantitative estimate of drug-likeness (QED) is 0.661. The summed E-state index contributed by atoms with van der Waals surface area (Å²) in [6.45, 7) is 0. The number of likely N-dealkylation sites (N-methyl/N-ethyl adjacent to an activating group) is 1. The molecule has 4 aliphatic rings. The number of carbonyl (C=O) groups excluding carboxylic acids is 2. The van der Waals surface area contributed by atoms with Crippen LogP contribution in [0.1, 0.15) is 38.5 Å². The number of carbonyl (C=O) groups is 2. The number of allylic oxidation sites excluding steroid dienone is 3. The van der Waals surface area contributed by atoms with Gasteiger partial charge in [0.25, 0.3) is 0 Å². The lowest BCUT2D eigenvalue weighted by atomic mass is 9.94. The minimum Gasteiger partial charge on any atom is -0.493 e. The van der Waals surface area contributed by atoms with Crippen molar-refractivity contribution in [1.29, 1.82) is 0 Å². The maximum absolute atomic E-state index is 12.5. The highest BCUT2D eigenvalue weighted by Gasteiger charge is 2.33. The monoisotopic (exact) mass is 397 g/mol. The maximum Gasteiger partial charge on any atom is 0.333 e. The SMILES string of the molecule is COC1=C(OC(=O)C2CCCC2)CC(N(C)C2=CC(=O)OC3CC=CC=C23)C=C1. The van der Waals surface area contributed by atoms with Crippen LogP contribution in [0.3, 0.4) is 0 Å². The fourth-order valence-electron chi connectivity index (χ4n) is 4.38. The highest BCUT2D eigenvalue weighted by atomic mass is 16.6. The van der Waals surface area contributed by atoms with Crippen LogP contribution in [0.5, 0.6) is 0 Å². The Morgan fingerprint density at radius 3 is 2.83 bits per heavy atom. The van der Waals surface area contributed by atoms with Gasteiger partial charge in [0.2, 0.25) is 0 Å². The molecule has 0 spiro atoms. The molecule has 0 bridgehead atoms. The summed E-state index contributed by atoms with van der Waals surface area (Å²) in [5, 5.41) is 0. The Labute approximate surface area is 171 Å². The van der Waals surface area contributed by atoms with E-state index in [0.29, 0.717) is 24.4 Å². The first kappa shape index (κ1) is 19.6. The molecule has 0 amide bonds. The van der Waals surface area contributed by atoms with Crippen molar-refractivity contribution in [2.45, 2.75) is 50.7 Å². The van der Waals surface area contributed by atoms with Crippen LogP contribution in [-0.4, -0.2) is 43.1 Å². The molecule has 4 rings (SSSR count). The average molecular weight is 397 g/mol. The number of hydrogen-bond acceptors (Lipinski definition) is 6. The average Bonchev–Trinajstić information content (AvgIpc) is 3.27. The molecule has 1 fully saturated rings. The largest absolute Gasteiger partial charge is 0.493 e. The number of rotatable bonds is 5. The molecule has 1 heterocycles. The number of esters is 2. The normalized spacial score (nSPS) is 26.5. The molecule has 0 radical (unpaired) electrons. The number of ether oxygens (including phenoxy) is 3. The molecule has 2 unspecified atom stereocenters. The Kier molecular flexibility index (Phi) is 5.60. The molecule has 0 N–H and O–H groups in total. The van der Waals surface area contributed by atoms with Gasteiger partial charge in [-0.1, -0.05) is 37.1 Å². The number of methoxy groups -OCH3 is 1. The summed E-state index contributed by atoms with van der Waals surface area (Å²) in [4.78, 5) is 26.7. The second-order valence-electron chi connectivity index (χ2n) is 7.88. The maximum atomic E-state index is 12.5. The Balaban J connectivity index is 1.52. The summed E-state index contributed by atoms with van der Waals surface area (Å²) in [5.74, 6) is 0.625. The van der Waals surface area contributed by atoms with Crippen LogP contribution < -0.4 is 0 Å². The van der Waals surface area contributed by atoms with Crippen molar-refractivity contribution >= 4 is 11.9 Å². The van der Waals surface area contributed by atoms with E-state index in [1.54, 1.807) is 7.11 Å². The van der Waals surface area contributed by atoms with Crippen molar-refractivity contribution in [3.63, 3.8) is 0 Å². The lowest BCUT2D eigenvalue weighted by Gasteiger charge is -2.37. The molecule has 3 aliphatic carbocycles. The number of hydrogen-bond donors (Lipinski definition) is 0. The summed E-state index contributed by atoms with van der Waals surface area (Å²) in [5.41, 5.74) is 1.83. The predicted molar refractivity (Wildman–Crippen MR) is 107 cm³/mol. The van der Waals surface area contributed by atoms with Gasteiger partial charge in [0, 0.05) is 31.5 Å². The first-order chi connectivity index (χ1) is 14.1. The van der Waals surface area contributed by atoms with Crippen molar-refractivity contribution in [2.75, 3.05) is 14.2 Å². The Morgan fingerprint density at radius 1 is 1.28 bits per heavy atom. The van der Waals surface area contributed by atoms with E-state index in [0.717, 1.165) is 37.0 Å². The van der Waals surface area contributed by atoms with Crippen LogP contribution in [0.2, 0.25) is 0 Å². The van der Waals surface area contributed by atoms with Crippen molar-refractivity contribution in [3.05, 3.63) is 59.2 Å². The van der Waals surface area contributed by atoms with Crippen molar-refractivity contribution in [2.24, 2.45) is 5.92 Å². The van der Waals surface area contributed by atoms with Gasteiger partial charge >= 0.3 is 11.9 Å². The molecule has 0 saturated heterocycles. The second-order valence-corrected chi connectivity index (χ2v) is 7.88. The third-order valence-electron chi connectivity index (χ3n) is 6.07. The molecule has 0 aromatic heterocycles. The van der Waals surface area contributed by atoms with Crippen LogP contribution >= 0.6 is 0 Å². The van der Waals surface area contributed by atoms with E-state index >= 15 is 0 Å². The van der Waals surface area contributed by atoms with Gasteiger partial charge in [0.15, 0.2) is 11.5 Å². The summed E-state index contributed by atoms with van der Waals surface area (Å²) in [6.07, 6.45) is 16.3. The zero-order chi connectivity index (χ0) is 20.4. The standard InChI is InChI=1S/C23H27NO5/c1-24(18-14-22(25)28-19-10-6-5-9-17(18)19)16-11-12-20(27-2)21(13-16)29-23(26)15-7-3-4-8-15/h5-6,9,11-12,14-16,19H,3-4,7-8,10,13H2,1-2H3. The van der Waals surface area contributed by atoms with Gasteiger partial charge in [0.05, 0.1) is 24.8 Å².